The number of methoxy groups -OCH3 is 1. The van der Waals surface area contributed by atoms with Crippen LogP contribution in [0.5, 0.6) is 5.75 Å². The first-order valence-corrected chi connectivity index (χ1v) is 6.40. The van der Waals surface area contributed by atoms with E-state index in [1.807, 2.05) is 0 Å². The van der Waals surface area contributed by atoms with Crippen molar-refractivity contribution in [3.05, 3.63) is 52.5 Å². The molecular formula is C14H13BrN2O2. The van der Waals surface area contributed by atoms with Gasteiger partial charge in [0.15, 0.2) is 0 Å². The number of hydrogen-bond acceptors (Lipinski definition) is 3. The van der Waals surface area contributed by atoms with Crippen molar-refractivity contribution >= 4 is 33.2 Å². The molecule has 1 amide bonds. The molecule has 19 heavy (non-hydrogen) atoms. The first-order valence-electron chi connectivity index (χ1n) is 5.60. The van der Waals surface area contributed by atoms with E-state index in [1.54, 1.807) is 49.6 Å². The average molecular weight is 321 g/mol. The van der Waals surface area contributed by atoms with Gasteiger partial charge in [-0.2, -0.15) is 0 Å². The number of amides is 1. The molecule has 0 aliphatic rings. The third-order valence-electron chi connectivity index (χ3n) is 2.59. The fourth-order valence-electron chi connectivity index (χ4n) is 1.57. The average Bonchev–Trinajstić information content (AvgIpc) is 2.42. The van der Waals surface area contributed by atoms with Gasteiger partial charge in [0, 0.05) is 15.8 Å². The molecule has 0 atom stereocenters. The fraction of sp³-hybridized carbons (Fsp3) is 0.0714. The number of benzene rings is 2. The Morgan fingerprint density at radius 1 is 1.21 bits per heavy atom. The van der Waals surface area contributed by atoms with Crippen molar-refractivity contribution in [2.45, 2.75) is 0 Å². The third-order valence-corrected chi connectivity index (χ3v) is 3.28. The van der Waals surface area contributed by atoms with Gasteiger partial charge in [-0.25, -0.2) is 0 Å². The van der Waals surface area contributed by atoms with Crippen LogP contribution in [0, 0.1) is 0 Å². The van der Waals surface area contributed by atoms with Crippen LogP contribution in [-0.2, 0) is 0 Å². The van der Waals surface area contributed by atoms with Crippen LogP contribution in [0.3, 0.4) is 0 Å². The van der Waals surface area contributed by atoms with E-state index in [9.17, 15) is 4.79 Å². The molecule has 0 spiro atoms. The Morgan fingerprint density at radius 2 is 1.89 bits per heavy atom. The maximum atomic E-state index is 12.2. The quantitative estimate of drug-likeness (QED) is 0.853. The molecule has 2 rings (SSSR count). The molecule has 4 nitrogen and oxygen atoms in total. The van der Waals surface area contributed by atoms with Crippen molar-refractivity contribution in [1.29, 1.82) is 0 Å². The van der Waals surface area contributed by atoms with E-state index in [0.717, 1.165) is 0 Å². The molecule has 0 saturated heterocycles. The molecule has 0 heterocycles. The highest BCUT2D eigenvalue weighted by molar-refractivity contribution is 9.10. The lowest BCUT2D eigenvalue weighted by Gasteiger charge is -2.08. The molecular weight excluding hydrogens is 308 g/mol. The van der Waals surface area contributed by atoms with E-state index in [2.05, 4.69) is 21.2 Å². The van der Waals surface area contributed by atoms with Gasteiger partial charge in [0.1, 0.15) is 5.75 Å². The standard InChI is InChI=1S/C14H13BrN2O2/c1-19-11-6-7-13(15)12(8-11)14(18)17-10-4-2-9(16)3-5-10/h2-8H,16H2,1H3,(H,17,18). The maximum absolute atomic E-state index is 12.2. The minimum absolute atomic E-state index is 0.212. The number of nitrogens with two attached hydrogens (primary N) is 1. The fourth-order valence-corrected chi connectivity index (χ4v) is 2.00. The van der Waals surface area contributed by atoms with Crippen LogP contribution in [0.1, 0.15) is 10.4 Å². The molecule has 0 aliphatic heterocycles. The van der Waals surface area contributed by atoms with Crippen LogP contribution >= 0.6 is 15.9 Å². The second-order valence-corrected chi connectivity index (χ2v) is 4.78. The van der Waals surface area contributed by atoms with Crippen molar-refractivity contribution < 1.29 is 9.53 Å². The van der Waals surface area contributed by atoms with E-state index in [0.29, 0.717) is 27.2 Å². The van der Waals surface area contributed by atoms with Gasteiger partial charge in [-0.05, 0) is 58.4 Å². The summed E-state index contributed by atoms with van der Waals surface area (Å²) >= 11 is 3.35. The Morgan fingerprint density at radius 3 is 2.53 bits per heavy atom. The van der Waals surface area contributed by atoms with Gasteiger partial charge in [0.25, 0.3) is 5.91 Å². The maximum Gasteiger partial charge on any atom is 0.256 e. The van der Waals surface area contributed by atoms with Crippen LogP contribution in [0.2, 0.25) is 0 Å². The summed E-state index contributed by atoms with van der Waals surface area (Å²) in [5.74, 6) is 0.418. The van der Waals surface area contributed by atoms with Gasteiger partial charge in [-0.1, -0.05) is 0 Å². The molecule has 0 unspecified atom stereocenters. The zero-order chi connectivity index (χ0) is 13.8. The van der Waals surface area contributed by atoms with Crippen LogP contribution in [-0.4, -0.2) is 13.0 Å². The number of carbonyl (C=O) groups is 1. The number of hydrogen-bond donors (Lipinski definition) is 2. The monoisotopic (exact) mass is 320 g/mol. The molecule has 2 aromatic carbocycles. The van der Waals surface area contributed by atoms with Gasteiger partial charge in [-0.3, -0.25) is 4.79 Å². The summed E-state index contributed by atoms with van der Waals surface area (Å²) in [6.45, 7) is 0. The van der Waals surface area contributed by atoms with Crippen molar-refractivity contribution in [2.24, 2.45) is 0 Å². The lowest BCUT2D eigenvalue weighted by molar-refractivity contribution is 0.102. The summed E-state index contributed by atoms with van der Waals surface area (Å²) in [5.41, 5.74) is 7.45. The number of nitrogens with one attached hydrogen (secondary N) is 1. The Hall–Kier alpha value is -2.01. The lowest BCUT2D eigenvalue weighted by atomic mass is 10.2. The Balaban J connectivity index is 2.22. The molecule has 0 saturated carbocycles. The molecule has 3 N–H and O–H groups in total. The van der Waals surface area contributed by atoms with Crippen molar-refractivity contribution in [2.75, 3.05) is 18.2 Å². The summed E-state index contributed by atoms with van der Waals surface area (Å²) < 4.78 is 5.82. The van der Waals surface area contributed by atoms with Crippen LogP contribution < -0.4 is 15.8 Å². The number of halogens is 1. The first-order chi connectivity index (χ1) is 9.10. The predicted molar refractivity (Wildman–Crippen MR) is 79.5 cm³/mol. The Kier molecular flexibility index (Phi) is 4.06. The smallest absolute Gasteiger partial charge is 0.256 e. The van der Waals surface area contributed by atoms with E-state index >= 15 is 0 Å². The van der Waals surface area contributed by atoms with Crippen molar-refractivity contribution in [1.82, 2.24) is 0 Å². The second kappa shape index (κ2) is 5.75. The highest BCUT2D eigenvalue weighted by Gasteiger charge is 2.11. The molecule has 5 heteroatoms. The first kappa shape index (κ1) is 13.4. The largest absolute Gasteiger partial charge is 0.497 e. The molecule has 0 radical (unpaired) electrons. The number of ether oxygens (including phenoxy) is 1. The van der Waals surface area contributed by atoms with Gasteiger partial charge in [0.2, 0.25) is 0 Å². The van der Waals surface area contributed by atoms with Crippen LogP contribution in [0.4, 0.5) is 11.4 Å². The van der Waals surface area contributed by atoms with Gasteiger partial charge < -0.3 is 15.8 Å². The van der Waals surface area contributed by atoms with E-state index < -0.39 is 0 Å². The predicted octanol–water partition coefficient (Wildman–Crippen LogP) is 3.29. The summed E-state index contributed by atoms with van der Waals surface area (Å²) in [6.07, 6.45) is 0. The molecule has 98 valence electrons. The Bertz CT molecular complexity index is 597. The molecule has 0 fully saturated rings. The number of rotatable bonds is 3. The summed E-state index contributed by atoms with van der Waals surface area (Å²) in [4.78, 5) is 12.2. The summed E-state index contributed by atoms with van der Waals surface area (Å²) in [7, 11) is 1.56. The number of anilines is 2. The zero-order valence-electron chi connectivity index (χ0n) is 10.3. The topological polar surface area (TPSA) is 64.3 Å². The van der Waals surface area contributed by atoms with E-state index in [4.69, 9.17) is 10.5 Å². The normalized spacial score (nSPS) is 10.0. The summed E-state index contributed by atoms with van der Waals surface area (Å²) in [5, 5.41) is 2.80. The minimum atomic E-state index is -0.212. The molecule has 0 bridgehead atoms. The van der Waals surface area contributed by atoms with Crippen LogP contribution in [0.25, 0.3) is 0 Å². The van der Waals surface area contributed by atoms with Gasteiger partial charge in [-0.15, -0.1) is 0 Å². The minimum Gasteiger partial charge on any atom is -0.497 e. The number of nitrogen functional groups attached to an aromatic ring is 1. The second-order valence-electron chi connectivity index (χ2n) is 3.92. The van der Waals surface area contributed by atoms with E-state index in [1.165, 1.54) is 0 Å². The summed E-state index contributed by atoms with van der Waals surface area (Å²) in [6, 6.07) is 12.2. The highest BCUT2D eigenvalue weighted by Crippen LogP contribution is 2.23. The molecule has 2 aromatic rings. The van der Waals surface area contributed by atoms with E-state index in [-0.39, 0.29) is 5.91 Å². The molecule has 0 aromatic heterocycles. The van der Waals surface area contributed by atoms with Crippen molar-refractivity contribution in [3.8, 4) is 5.75 Å². The molecule has 0 aliphatic carbocycles. The highest BCUT2D eigenvalue weighted by atomic mass is 79.9. The Labute approximate surface area is 119 Å². The number of carbonyl (C=O) groups excluding carboxylic acids is 1. The third kappa shape index (κ3) is 3.26. The van der Waals surface area contributed by atoms with Gasteiger partial charge >= 0.3 is 0 Å². The van der Waals surface area contributed by atoms with Gasteiger partial charge in [0.05, 0.1) is 12.7 Å². The SMILES string of the molecule is COc1ccc(Br)c(C(=O)Nc2ccc(N)cc2)c1. The van der Waals surface area contributed by atoms with Crippen LogP contribution in [0.15, 0.2) is 46.9 Å². The lowest BCUT2D eigenvalue weighted by Crippen LogP contribution is -2.12. The zero-order valence-corrected chi connectivity index (χ0v) is 11.9. The van der Waals surface area contributed by atoms with Crippen molar-refractivity contribution in [3.63, 3.8) is 0 Å².